The van der Waals surface area contributed by atoms with E-state index in [2.05, 4.69) is 5.32 Å². The van der Waals surface area contributed by atoms with Gasteiger partial charge in [-0.25, -0.2) is 0 Å². The van der Waals surface area contributed by atoms with Crippen LogP contribution in [0.3, 0.4) is 0 Å². The molecule has 0 aromatic rings. The summed E-state index contributed by atoms with van der Waals surface area (Å²) in [6.07, 6.45) is -0.477. The van der Waals surface area contributed by atoms with Crippen molar-refractivity contribution in [2.24, 2.45) is 0 Å². The molecular weight excluding hydrogens is 226 g/mol. The molecule has 0 fully saturated rings. The van der Waals surface area contributed by atoms with Crippen molar-refractivity contribution in [1.29, 1.82) is 0 Å². The van der Waals surface area contributed by atoms with Crippen molar-refractivity contribution in [2.45, 2.75) is 32.1 Å². The summed E-state index contributed by atoms with van der Waals surface area (Å²) in [6, 6.07) is -0.395. The Bertz CT molecular complexity index is 164. The minimum Gasteiger partial charge on any atom is -0.395 e. The summed E-state index contributed by atoms with van der Waals surface area (Å²) in [5.74, 6) is 0. The van der Waals surface area contributed by atoms with E-state index in [1.54, 1.807) is 0 Å². The quantitative estimate of drug-likeness (QED) is 0.342. The van der Waals surface area contributed by atoms with E-state index in [-0.39, 0.29) is 32.5 Å². The molecule has 1 unspecified atom stereocenters. The van der Waals surface area contributed by atoms with E-state index >= 15 is 0 Å². The lowest BCUT2D eigenvalue weighted by molar-refractivity contribution is -0.0113. The summed E-state index contributed by atoms with van der Waals surface area (Å²) >= 11 is 0. The number of aliphatic hydroxyl groups excluding tert-OH is 3. The maximum Gasteiger partial charge on any atom is 0.0897 e. The summed E-state index contributed by atoms with van der Waals surface area (Å²) < 4.78 is 10.5. The van der Waals surface area contributed by atoms with Crippen LogP contribution in [0, 0.1) is 0 Å². The average Bonchev–Trinajstić information content (AvgIpc) is 2.29. The van der Waals surface area contributed by atoms with Crippen LogP contribution in [-0.4, -0.2) is 73.1 Å². The molecule has 0 aliphatic rings. The van der Waals surface area contributed by atoms with Crippen LogP contribution in [0.15, 0.2) is 0 Å². The number of rotatable bonds is 11. The fourth-order valence-electron chi connectivity index (χ4n) is 1.11. The molecule has 6 heteroatoms. The van der Waals surface area contributed by atoms with Gasteiger partial charge in [-0.05, 0) is 13.8 Å². The van der Waals surface area contributed by atoms with Crippen LogP contribution < -0.4 is 5.32 Å². The van der Waals surface area contributed by atoms with Gasteiger partial charge in [0.1, 0.15) is 0 Å². The minimum absolute atomic E-state index is 0.160. The van der Waals surface area contributed by atoms with Gasteiger partial charge in [0.2, 0.25) is 0 Å². The van der Waals surface area contributed by atoms with Gasteiger partial charge in [-0.2, -0.15) is 0 Å². The zero-order valence-electron chi connectivity index (χ0n) is 10.6. The fourth-order valence-corrected chi connectivity index (χ4v) is 1.11. The summed E-state index contributed by atoms with van der Waals surface area (Å²) in [4.78, 5) is 0. The summed E-state index contributed by atoms with van der Waals surface area (Å²) in [7, 11) is 0. The van der Waals surface area contributed by atoms with Crippen molar-refractivity contribution in [2.75, 3.05) is 39.6 Å². The maximum absolute atomic E-state index is 9.51. The van der Waals surface area contributed by atoms with Gasteiger partial charge < -0.3 is 30.1 Å². The highest BCUT2D eigenvalue weighted by Gasteiger charge is 2.09. The van der Waals surface area contributed by atoms with Crippen LogP contribution in [0.25, 0.3) is 0 Å². The summed E-state index contributed by atoms with van der Waals surface area (Å²) in [5, 5.41) is 29.9. The Morgan fingerprint density at radius 1 is 1.12 bits per heavy atom. The third kappa shape index (κ3) is 10.6. The molecule has 0 radical (unpaired) electrons. The number of aliphatic hydroxyl groups is 3. The second-order valence-corrected chi connectivity index (χ2v) is 4.12. The van der Waals surface area contributed by atoms with E-state index in [1.807, 2.05) is 13.8 Å². The standard InChI is InChI=1S/C11H25NO5/c1-9(2)17-4-3-16-8-11(15)5-12-10(6-13)7-14/h9-15H,3-8H2,1-2H3. The molecule has 0 saturated heterocycles. The molecule has 0 saturated carbocycles. The Hall–Kier alpha value is -0.240. The van der Waals surface area contributed by atoms with Gasteiger partial charge in [-0.15, -0.1) is 0 Å². The van der Waals surface area contributed by atoms with E-state index in [1.165, 1.54) is 0 Å². The van der Waals surface area contributed by atoms with Crippen LogP contribution in [-0.2, 0) is 9.47 Å². The van der Waals surface area contributed by atoms with Gasteiger partial charge in [0, 0.05) is 6.54 Å². The molecule has 0 amide bonds. The van der Waals surface area contributed by atoms with Gasteiger partial charge in [-0.3, -0.25) is 0 Å². The Morgan fingerprint density at radius 3 is 2.29 bits per heavy atom. The maximum atomic E-state index is 9.51. The first-order valence-electron chi connectivity index (χ1n) is 5.92. The highest BCUT2D eigenvalue weighted by Crippen LogP contribution is 1.90. The lowest BCUT2D eigenvalue weighted by atomic mass is 10.3. The van der Waals surface area contributed by atoms with Crippen molar-refractivity contribution < 1.29 is 24.8 Å². The molecule has 0 heterocycles. The molecule has 4 N–H and O–H groups in total. The third-order valence-corrected chi connectivity index (χ3v) is 2.07. The zero-order valence-corrected chi connectivity index (χ0v) is 10.6. The minimum atomic E-state index is -0.658. The lowest BCUT2D eigenvalue weighted by Crippen LogP contribution is -2.41. The van der Waals surface area contributed by atoms with E-state index in [9.17, 15) is 5.11 Å². The second kappa shape index (κ2) is 10.9. The first kappa shape index (κ1) is 16.8. The second-order valence-electron chi connectivity index (χ2n) is 4.12. The number of ether oxygens (including phenoxy) is 2. The van der Waals surface area contributed by atoms with Gasteiger partial charge in [0.25, 0.3) is 0 Å². The SMILES string of the molecule is CC(C)OCCOCC(O)CNC(CO)CO. The first-order valence-corrected chi connectivity index (χ1v) is 5.92. The van der Waals surface area contributed by atoms with E-state index < -0.39 is 12.1 Å². The van der Waals surface area contributed by atoms with Gasteiger partial charge in [-0.1, -0.05) is 0 Å². The van der Waals surface area contributed by atoms with Crippen LogP contribution in [0.1, 0.15) is 13.8 Å². The first-order chi connectivity index (χ1) is 8.10. The Kier molecular flexibility index (Phi) is 10.7. The van der Waals surface area contributed by atoms with Crippen molar-refractivity contribution in [3.63, 3.8) is 0 Å². The molecule has 0 spiro atoms. The molecule has 1 atom stereocenters. The molecule has 6 nitrogen and oxygen atoms in total. The molecule has 0 rings (SSSR count). The number of nitrogens with one attached hydrogen (secondary N) is 1. The smallest absolute Gasteiger partial charge is 0.0897 e. The number of hydrogen-bond donors (Lipinski definition) is 4. The van der Waals surface area contributed by atoms with Gasteiger partial charge >= 0.3 is 0 Å². The fraction of sp³-hybridized carbons (Fsp3) is 1.00. The molecule has 0 aliphatic carbocycles. The summed E-state index contributed by atoms with van der Waals surface area (Å²) in [5.41, 5.74) is 0. The molecule has 0 bridgehead atoms. The summed E-state index contributed by atoms with van der Waals surface area (Å²) in [6.45, 7) is 5.01. The van der Waals surface area contributed by atoms with Crippen LogP contribution >= 0.6 is 0 Å². The average molecular weight is 251 g/mol. The van der Waals surface area contributed by atoms with Crippen LogP contribution in [0.4, 0.5) is 0 Å². The Labute approximate surface area is 103 Å². The largest absolute Gasteiger partial charge is 0.395 e. The molecular formula is C11H25NO5. The highest BCUT2D eigenvalue weighted by molar-refractivity contribution is 4.67. The third-order valence-electron chi connectivity index (χ3n) is 2.07. The van der Waals surface area contributed by atoms with Crippen LogP contribution in [0.2, 0.25) is 0 Å². The van der Waals surface area contributed by atoms with E-state index in [4.69, 9.17) is 19.7 Å². The van der Waals surface area contributed by atoms with E-state index in [0.29, 0.717) is 13.2 Å². The van der Waals surface area contributed by atoms with Gasteiger partial charge in [0.15, 0.2) is 0 Å². The van der Waals surface area contributed by atoms with Crippen molar-refractivity contribution in [3.05, 3.63) is 0 Å². The monoisotopic (exact) mass is 251 g/mol. The van der Waals surface area contributed by atoms with Crippen molar-refractivity contribution in [1.82, 2.24) is 5.32 Å². The Morgan fingerprint density at radius 2 is 1.76 bits per heavy atom. The van der Waals surface area contributed by atoms with E-state index in [0.717, 1.165) is 0 Å². The molecule has 17 heavy (non-hydrogen) atoms. The topological polar surface area (TPSA) is 91.2 Å². The van der Waals surface area contributed by atoms with Crippen molar-refractivity contribution >= 4 is 0 Å². The predicted octanol–water partition coefficient (Wildman–Crippen LogP) is -1.27. The molecule has 0 aromatic heterocycles. The molecule has 0 aromatic carbocycles. The molecule has 0 aliphatic heterocycles. The van der Waals surface area contributed by atoms with Gasteiger partial charge in [0.05, 0.1) is 51.3 Å². The zero-order chi connectivity index (χ0) is 13.1. The predicted molar refractivity (Wildman–Crippen MR) is 63.9 cm³/mol. The van der Waals surface area contributed by atoms with Crippen molar-refractivity contribution in [3.8, 4) is 0 Å². The molecule has 104 valence electrons. The number of hydrogen-bond acceptors (Lipinski definition) is 6. The normalized spacial score (nSPS) is 13.6. The lowest BCUT2D eigenvalue weighted by Gasteiger charge is -2.17. The van der Waals surface area contributed by atoms with Crippen LogP contribution in [0.5, 0.6) is 0 Å². The highest BCUT2D eigenvalue weighted by atomic mass is 16.5. The Balaban J connectivity index is 3.37.